The summed E-state index contributed by atoms with van der Waals surface area (Å²) in [6.07, 6.45) is 0.912. The minimum atomic E-state index is -3.54. The van der Waals surface area contributed by atoms with E-state index < -0.39 is 14.6 Å². The second-order valence-electron chi connectivity index (χ2n) is 5.20. The summed E-state index contributed by atoms with van der Waals surface area (Å²) < 4.78 is 24.2. The van der Waals surface area contributed by atoms with Crippen molar-refractivity contribution in [3.05, 3.63) is 28.3 Å². The van der Waals surface area contributed by atoms with Gasteiger partial charge in [0.1, 0.15) is 0 Å². The average Bonchev–Trinajstić information content (AvgIpc) is 3.07. The number of aryl methyl sites for hydroxylation is 2. The fourth-order valence-electron chi connectivity index (χ4n) is 2.33. The van der Waals surface area contributed by atoms with Crippen LogP contribution in [0.25, 0.3) is 0 Å². The molecule has 0 radical (unpaired) electrons. The second-order valence-corrected chi connectivity index (χ2v) is 7.40. The van der Waals surface area contributed by atoms with Crippen LogP contribution < -0.4 is 0 Å². The maximum Gasteiger partial charge on any atom is 0.197 e. The summed E-state index contributed by atoms with van der Waals surface area (Å²) in [6, 6.07) is 3.99. The molecule has 1 aliphatic carbocycles. The van der Waals surface area contributed by atoms with E-state index in [1.54, 1.807) is 0 Å². The molecule has 1 aromatic rings. The Labute approximate surface area is 108 Å². The highest BCUT2D eigenvalue weighted by molar-refractivity contribution is 7.93. The number of benzene rings is 1. The fraction of sp³-hybridized carbons (Fsp3) is 0.500. The van der Waals surface area contributed by atoms with Crippen LogP contribution in [-0.2, 0) is 9.84 Å². The normalized spacial score (nSPS) is 17.3. The molecule has 1 aromatic carbocycles. The van der Waals surface area contributed by atoms with Crippen LogP contribution in [-0.4, -0.2) is 13.2 Å². The highest BCUT2D eigenvalue weighted by atomic mass is 32.2. The van der Waals surface area contributed by atoms with Gasteiger partial charge >= 0.3 is 0 Å². The van der Waals surface area contributed by atoms with Gasteiger partial charge in [0, 0.05) is 0 Å². The molecule has 0 aliphatic heterocycles. The van der Waals surface area contributed by atoms with Crippen LogP contribution in [0.2, 0.25) is 0 Å². The molecule has 0 amide bonds. The molecule has 2 rings (SSSR count). The zero-order chi connectivity index (χ0) is 13.7. The first-order valence-corrected chi connectivity index (χ1v) is 7.48. The lowest BCUT2D eigenvalue weighted by Gasteiger charge is -2.17. The van der Waals surface area contributed by atoms with Crippen LogP contribution in [0.5, 0.6) is 0 Å². The van der Waals surface area contributed by atoms with Gasteiger partial charge in [-0.2, -0.15) is 5.26 Å². The minimum absolute atomic E-state index is 0.374. The van der Waals surface area contributed by atoms with Gasteiger partial charge in [0.05, 0.1) is 11.0 Å². The van der Waals surface area contributed by atoms with Gasteiger partial charge in [-0.15, -0.1) is 0 Å². The standard InChI is InChI=1S/C14H17NO2S/c1-9-7-10(2)12(4)13(11(9)3)18(16,17)14(8-15)5-6-14/h7H,5-6H2,1-4H3. The monoisotopic (exact) mass is 263 g/mol. The van der Waals surface area contributed by atoms with Gasteiger partial charge in [-0.3, -0.25) is 0 Å². The van der Waals surface area contributed by atoms with Crippen molar-refractivity contribution in [3.63, 3.8) is 0 Å². The van der Waals surface area contributed by atoms with Crippen molar-refractivity contribution in [2.24, 2.45) is 0 Å². The quantitative estimate of drug-likeness (QED) is 0.824. The van der Waals surface area contributed by atoms with Crippen molar-refractivity contribution in [1.29, 1.82) is 5.26 Å². The summed E-state index contributed by atoms with van der Waals surface area (Å²) in [7, 11) is -3.54. The Morgan fingerprint density at radius 1 is 1.11 bits per heavy atom. The SMILES string of the molecule is Cc1cc(C)c(C)c(S(=O)(=O)C2(C#N)CC2)c1C. The molecule has 96 valence electrons. The Morgan fingerprint density at radius 3 is 1.89 bits per heavy atom. The van der Waals surface area contributed by atoms with Gasteiger partial charge in [-0.1, -0.05) is 6.07 Å². The Balaban J connectivity index is 2.78. The number of hydrogen-bond donors (Lipinski definition) is 0. The molecule has 1 fully saturated rings. The predicted octanol–water partition coefficient (Wildman–Crippen LogP) is 2.75. The molecule has 3 nitrogen and oxygen atoms in total. The third-order valence-electron chi connectivity index (χ3n) is 3.99. The van der Waals surface area contributed by atoms with Crippen LogP contribution >= 0.6 is 0 Å². The van der Waals surface area contributed by atoms with Crippen molar-refractivity contribution in [2.75, 3.05) is 0 Å². The van der Waals surface area contributed by atoms with E-state index in [0.717, 1.165) is 22.3 Å². The summed E-state index contributed by atoms with van der Waals surface area (Å²) >= 11 is 0. The third-order valence-corrected chi connectivity index (χ3v) is 6.67. The Kier molecular flexibility index (Phi) is 2.78. The molecule has 0 spiro atoms. The third kappa shape index (κ3) is 1.58. The molecule has 0 saturated heterocycles. The smallest absolute Gasteiger partial charge is 0.197 e. The number of hydrogen-bond acceptors (Lipinski definition) is 3. The maximum atomic E-state index is 12.7. The first kappa shape index (κ1) is 13.1. The van der Waals surface area contributed by atoms with Gasteiger partial charge in [-0.25, -0.2) is 8.42 Å². The van der Waals surface area contributed by atoms with Gasteiger partial charge in [0.2, 0.25) is 0 Å². The van der Waals surface area contributed by atoms with Gasteiger partial charge in [-0.05, 0) is 62.8 Å². The van der Waals surface area contributed by atoms with Crippen LogP contribution in [0.3, 0.4) is 0 Å². The molecule has 18 heavy (non-hydrogen) atoms. The second kappa shape index (κ2) is 3.83. The molecule has 0 bridgehead atoms. The van der Waals surface area contributed by atoms with Crippen LogP contribution in [0.1, 0.15) is 35.1 Å². The van der Waals surface area contributed by atoms with Crippen molar-refractivity contribution < 1.29 is 8.42 Å². The largest absolute Gasteiger partial charge is 0.222 e. The van der Waals surface area contributed by atoms with E-state index >= 15 is 0 Å². The molecule has 0 atom stereocenters. The highest BCUT2D eigenvalue weighted by Crippen LogP contribution is 2.48. The van der Waals surface area contributed by atoms with E-state index in [9.17, 15) is 8.42 Å². The fourth-order valence-corrected chi connectivity index (χ4v) is 4.61. The molecule has 0 N–H and O–H groups in total. The topological polar surface area (TPSA) is 57.9 Å². The first-order chi connectivity index (χ1) is 8.27. The van der Waals surface area contributed by atoms with Gasteiger partial charge in [0.15, 0.2) is 14.6 Å². The highest BCUT2D eigenvalue weighted by Gasteiger charge is 2.56. The number of nitriles is 1. The summed E-state index contributed by atoms with van der Waals surface area (Å²) in [5.74, 6) is 0. The molecule has 4 heteroatoms. The Hall–Kier alpha value is -1.34. The van der Waals surface area contributed by atoms with Crippen LogP contribution in [0.15, 0.2) is 11.0 Å². The number of rotatable bonds is 2. The van der Waals surface area contributed by atoms with Crippen molar-refractivity contribution >= 4 is 9.84 Å². The van der Waals surface area contributed by atoms with Crippen molar-refractivity contribution in [2.45, 2.75) is 50.2 Å². The number of sulfone groups is 1. The van der Waals surface area contributed by atoms with Crippen molar-refractivity contribution in [3.8, 4) is 6.07 Å². The number of nitrogens with zero attached hydrogens (tertiary/aromatic N) is 1. The van der Waals surface area contributed by atoms with E-state index in [1.165, 1.54) is 0 Å². The summed E-state index contributed by atoms with van der Waals surface area (Å²) in [5, 5.41) is 9.14. The lowest BCUT2D eigenvalue weighted by molar-refractivity contribution is 0.586. The maximum absolute atomic E-state index is 12.7. The summed E-state index contributed by atoms with van der Waals surface area (Å²) in [6.45, 7) is 7.46. The zero-order valence-corrected chi connectivity index (χ0v) is 12.0. The Bertz CT molecular complexity index is 636. The minimum Gasteiger partial charge on any atom is -0.222 e. The van der Waals surface area contributed by atoms with E-state index in [1.807, 2.05) is 39.8 Å². The lowest BCUT2D eigenvalue weighted by Crippen LogP contribution is -2.23. The lowest BCUT2D eigenvalue weighted by atomic mass is 10.0. The van der Waals surface area contributed by atoms with Crippen LogP contribution in [0, 0.1) is 39.0 Å². The predicted molar refractivity (Wildman–Crippen MR) is 70.2 cm³/mol. The Morgan fingerprint density at radius 2 is 1.56 bits per heavy atom. The molecule has 1 saturated carbocycles. The van der Waals surface area contributed by atoms with E-state index in [-0.39, 0.29) is 0 Å². The average molecular weight is 263 g/mol. The molecule has 0 unspecified atom stereocenters. The zero-order valence-electron chi connectivity index (χ0n) is 11.2. The molecular formula is C14H17NO2S. The van der Waals surface area contributed by atoms with Crippen LogP contribution in [0.4, 0.5) is 0 Å². The van der Waals surface area contributed by atoms with Crippen molar-refractivity contribution in [1.82, 2.24) is 0 Å². The molecular weight excluding hydrogens is 246 g/mol. The first-order valence-electron chi connectivity index (χ1n) is 6.00. The van der Waals surface area contributed by atoms with Gasteiger partial charge < -0.3 is 0 Å². The molecule has 1 aliphatic rings. The van der Waals surface area contributed by atoms with Gasteiger partial charge in [0.25, 0.3) is 0 Å². The van der Waals surface area contributed by atoms with E-state index in [2.05, 4.69) is 0 Å². The molecule has 0 heterocycles. The molecule has 0 aromatic heterocycles. The van der Waals surface area contributed by atoms with E-state index in [4.69, 9.17) is 5.26 Å². The summed E-state index contributed by atoms with van der Waals surface area (Å²) in [4.78, 5) is 0.374. The van der Waals surface area contributed by atoms with E-state index in [0.29, 0.717) is 17.7 Å². The summed E-state index contributed by atoms with van der Waals surface area (Å²) in [5.41, 5.74) is 3.48.